The average Bonchev–Trinajstić information content (AvgIpc) is 2.63. The molecule has 0 saturated heterocycles. The monoisotopic (exact) mass is 326 g/mol. The first-order chi connectivity index (χ1) is 11.6. The number of rotatable bonds is 8. The number of carbonyl (C=O) groups is 2. The van der Waals surface area contributed by atoms with E-state index >= 15 is 0 Å². The second-order valence-corrected chi connectivity index (χ2v) is 5.72. The number of hydrogen-bond donors (Lipinski definition) is 0. The van der Waals surface area contributed by atoms with E-state index in [1.165, 1.54) is 7.11 Å². The normalized spacial score (nSPS) is 13.1. The van der Waals surface area contributed by atoms with E-state index in [4.69, 9.17) is 9.47 Å². The Morgan fingerprint density at radius 2 is 1.54 bits per heavy atom. The Labute approximate surface area is 142 Å². The van der Waals surface area contributed by atoms with Crippen molar-refractivity contribution in [1.82, 2.24) is 0 Å². The SMILES string of the molecule is COc1ccc(C(=O)[C@@H](OC)[C@H](C)CC(=O)c2ccccc2)cc1. The van der Waals surface area contributed by atoms with Gasteiger partial charge in [-0.05, 0) is 30.2 Å². The molecule has 0 aromatic heterocycles. The van der Waals surface area contributed by atoms with Gasteiger partial charge in [0.15, 0.2) is 11.6 Å². The average molecular weight is 326 g/mol. The molecule has 0 aliphatic rings. The molecule has 0 unspecified atom stereocenters. The summed E-state index contributed by atoms with van der Waals surface area (Å²) in [6, 6.07) is 16.0. The number of methoxy groups -OCH3 is 2. The standard InChI is InChI=1S/C20H22O4/c1-14(13-18(21)15-7-5-4-6-8-15)20(24-3)19(22)16-9-11-17(23-2)12-10-16/h4-12,14,20H,13H2,1-3H3/t14-,20+/m1/s1. The van der Waals surface area contributed by atoms with Gasteiger partial charge in [-0.1, -0.05) is 37.3 Å². The maximum atomic E-state index is 12.7. The first-order valence-corrected chi connectivity index (χ1v) is 7.86. The van der Waals surface area contributed by atoms with E-state index < -0.39 is 6.10 Å². The molecule has 0 N–H and O–H groups in total. The van der Waals surface area contributed by atoms with E-state index in [0.717, 1.165) is 0 Å². The molecule has 2 aromatic carbocycles. The fraction of sp³-hybridized carbons (Fsp3) is 0.300. The zero-order valence-corrected chi connectivity index (χ0v) is 14.2. The van der Waals surface area contributed by atoms with Crippen molar-refractivity contribution in [1.29, 1.82) is 0 Å². The summed E-state index contributed by atoms with van der Waals surface area (Å²) in [4.78, 5) is 25.0. The fourth-order valence-electron chi connectivity index (χ4n) is 2.66. The van der Waals surface area contributed by atoms with Crippen LogP contribution in [0.4, 0.5) is 0 Å². The van der Waals surface area contributed by atoms with Gasteiger partial charge < -0.3 is 9.47 Å². The summed E-state index contributed by atoms with van der Waals surface area (Å²) in [7, 11) is 3.07. The zero-order chi connectivity index (χ0) is 17.5. The summed E-state index contributed by atoms with van der Waals surface area (Å²) in [6.45, 7) is 1.86. The lowest BCUT2D eigenvalue weighted by Crippen LogP contribution is -2.31. The molecule has 0 amide bonds. The summed E-state index contributed by atoms with van der Waals surface area (Å²) in [5.41, 5.74) is 1.19. The number of hydrogen-bond acceptors (Lipinski definition) is 4. The van der Waals surface area contributed by atoms with Crippen LogP contribution in [-0.4, -0.2) is 31.9 Å². The summed E-state index contributed by atoms with van der Waals surface area (Å²) in [5, 5.41) is 0. The van der Waals surface area contributed by atoms with Crippen molar-refractivity contribution in [3.63, 3.8) is 0 Å². The molecule has 0 saturated carbocycles. The van der Waals surface area contributed by atoms with Crippen molar-refractivity contribution in [2.45, 2.75) is 19.4 Å². The predicted molar refractivity (Wildman–Crippen MR) is 92.7 cm³/mol. The van der Waals surface area contributed by atoms with Crippen LogP contribution in [0.1, 0.15) is 34.1 Å². The number of Topliss-reactive ketones (excluding diaryl/α,β-unsaturated/α-hetero) is 2. The number of ketones is 2. The van der Waals surface area contributed by atoms with Gasteiger partial charge in [0.1, 0.15) is 11.9 Å². The van der Waals surface area contributed by atoms with Crippen molar-refractivity contribution >= 4 is 11.6 Å². The maximum Gasteiger partial charge on any atom is 0.191 e. The van der Waals surface area contributed by atoms with Crippen molar-refractivity contribution < 1.29 is 19.1 Å². The van der Waals surface area contributed by atoms with Crippen molar-refractivity contribution in [2.75, 3.05) is 14.2 Å². The Balaban J connectivity index is 2.08. The molecule has 4 heteroatoms. The van der Waals surface area contributed by atoms with Crippen LogP contribution in [0.25, 0.3) is 0 Å². The maximum absolute atomic E-state index is 12.7. The van der Waals surface area contributed by atoms with Crippen LogP contribution in [-0.2, 0) is 4.74 Å². The van der Waals surface area contributed by atoms with Gasteiger partial charge in [-0.25, -0.2) is 0 Å². The molecule has 24 heavy (non-hydrogen) atoms. The van der Waals surface area contributed by atoms with E-state index in [2.05, 4.69) is 0 Å². The van der Waals surface area contributed by atoms with Crippen LogP contribution in [0.2, 0.25) is 0 Å². The Kier molecular flexibility index (Phi) is 6.27. The lowest BCUT2D eigenvalue weighted by atomic mass is 9.90. The Morgan fingerprint density at radius 3 is 2.08 bits per heavy atom. The molecule has 0 heterocycles. The minimum absolute atomic E-state index is 0.00711. The molecule has 2 atom stereocenters. The van der Waals surface area contributed by atoms with Crippen LogP contribution in [0.3, 0.4) is 0 Å². The van der Waals surface area contributed by atoms with Gasteiger partial charge in [0.2, 0.25) is 0 Å². The van der Waals surface area contributed by atoms with E-state index in [9.17, 15) is 9.59 Å². The van der Waals surface area contributed by atoms with Gasteiger partial charge in [-0.2, -0.15) is 0 Å². The van der Waals surface area contributed by atoms with E-state index in [-0.39, 0.29) is 23.9 Å². The first kappa shape index (κ1) is 17.9. The number of ether oxygens (including phenoxy) is 2. The van der Waals surface area contributed by atoms with Crippen molar-refractivity contribution in [3.8, 4) is 5.75 Å². The molecule has 0 bridgehead atoms. The van der Waals surface area contributed by atoms with Crippen LogP contribution >= 0.6 is 0 Å². The number of carbonyl (C=O) groups excluding carboxylic acids is 2. The molecular formula is C20H22O4. The zero-order valence-electron chi connectivity index (χ0n) is 14.2. The highest BCUT2D eigenvalue weighted by atomic mass is 16.5. The topological polar surface area (TPSA) is 52.6 Å². The van der Waals surface area contributed by atoms with Gasteiger partial charge in [-0.15, -0.1) is 0 Å². The van der Waals surface area contributed by atoms with Gasteiger partial charge in [0.05, 0.1) is 7.11 Å². The molecule has 2 rings (SSSR count). The molecule has 4 nitrogen and oxygen atoms in total. The highest BCUT2D eigenvalue weighted by Crippen LogP contribution is 2.20. The van der Waals surface area contributed by atoms with Crippen molar-refractivity contribution in [2.24, 2.45) is 5.92 Å². The van der Waals surface area contributed by atoms with Gasteiger partial charge in [0, 0.05) is 24.7 Å². The lowest BCUT2D eigenvalue weighted by molar-refractivity contribution is 0.0408. The minimum Gasteiger partial charge on any atom is -0.497 e. The third-order valence-electron chi connectivity index (χ3n) is 4.01. The summed E-state index contributed by atoms with van der Waals surface area (Å²) < 4.78 is 10.5. The smallest absolute Gasteiger partial charge is 0.191 e. The minimum atomic E-state index is -0.661. The first-order valence-electron chi connectivity index (χ1n) is 7.86. The number of benzene rings is 2. The second-order valence-electron chi connectivity index (χ2n) is 5.72. The van der Waals surface area contributed by atoms with Gasteiger partial charge in [-0.3, -0.25) is 9.59 Å². The van der Waals surface area contributed by atoms with E-state index in [1.54, 1.807) is 43.5 Å². The summed E-state index contributed by atoms with van der Waals surface area (Å²) >= 11 is 0. The third-order valence-corrected chi connectivity index (χ3v) is 4.01. The molecular weight excluding hydrogens is 304 g/mol. The lowest BCUT2D eigenvalue weighted by Gasteiger charge is -2.21. The summed E-state index contributed by atoms with van der Waals surface area (Å²) in [5.74, 6) is 0.339. The van der Waals surface area contributed by atoms with Crippen LogP contribution in [0.15, 0.2) is 54.6 Å². The molecule has 126 valence electrons. The van der Waals surface area contributed by atoms with E-state index in [0.29, 0.717) is 16.9 Å². The Morgan fingerprint density at radius 1 is 0.917 bits per heavy atom. The third kappa shape index (κ3) is 4.30. The molecule has 0 aliphatic carbocycles. The largest absolute Gasteiger partial charge is 0.497 e. The molecule has 0 radical (unpaired) electrons. The van der Waals surface area contributed by atoms with Gasteiger partial charge in [0.25, 0.3) is 0 Å². The van der Waals surface area contributed by atoms with Gasteiger partial charge >= 0.3 is 0 Å². The van der Waals surface area contributed by atoms with E-state index in [1.807, 2.05) is 25.1 Å². The Hall–Kier alpha value is -2.46. The molecule has 2 aromatic rings. The highest BCUT2D eigenvalue weighted by Gasteiger charge is 2.27. The predicted octanol–water partition coefficient (Wildman–Crippen LogP) is 3.80. The Bertz CT molecular complexity index is 677. The fourth-order valence-corrected chi connectivity index (χ4v) is 2.66. The van der Waals surface area contributed by atoms with Crippen LogP contribution < -0.4 is 4.74 Å². The molecule has 0 spiro atoms. The molecule has 0 fully saturated rings. The summed E-state index contributed by atoms with van der Waals surface area (Å²) in [6.07, 6.45) is -0.407. The quantitative estimate of drug-likeness (QED) is 0.692. The van der Waals surface area contributed by atoms with Crippen LogP contribution in [0, 0.1) is 5.92 Å². The van der Waals surface area contributed by atoms with Crippen molar-refractivity contribution in [3.05, 3.63) is 65.7 Å². The second kappa shape index (κ2) is 8.41. The highest BCUT2D eigenvalue weighted by molar-refractivity contribution is 6.01. The molecule has 0 aliphatic heterocycles. The van der Waals surface area contributed by atoms with Crippen LogP contribution in [0.5, 0.6) is 5.75 Å².